The zero-order chi connectivity index (χ0) is 20.6. The molecule has 3 amide bonds. The average Bonchev–Trinajstić information content (AvgIpc) is 3.08. The maximum atomic E-state index is 13.5. The van der Waals surface area contributed by atoms with Crippen molar-refractivity contribution in [2.45, 2.75) is 18.5 Å². The van der Waals surface area contributed by atoms with E-state index < -0.39 is 17.4 Å². The number of carbonyl (C=O) groups excluding carboxylic acids is 3. The van der Waals surface area contributed by atoms with E-state index in [0.717, 1.165) is 0 Å². The monoisotopic (exact) mass is 397 g/mol. The lowest BCUT2D eigenvalue weighted by Gasteiger charge is -2.49. The van der Waals surface area contributed by atoms with Crippen molar-refractivity contribution in [1.29, 1.82) is 0 Å². The first-order chi connectivity index (χ1) is 14.0. The topological polar surface area (TPSA) is 79.0 Å². The van der Waals surface area contributed by atoms with Crippen LogP contribution in [-0.4, -0.2) is 48.5 Å². The maximum absolute atomic E-state index is 13.5. The molecule has 4 rings (SSSR count). The Labute approximate surface area is 167 Å². The van der Waals surface area contributed by atoms with Crippen LogP contribution < -0.4 is 10.2 Å². The van der Waals surface area contributed by atoms with Crippen molar-refractivity contribution in [3.63, 3.8) is 0 Å². The minimum absolute atomic E-state index is 0.127. The molecule has 2 aromatic rings. The number of ether oxygens (including phenoxy) is 1. The predicted octanol–water partition coefficient (Wildman–Crippen LogP) is 2.39. The fraction of sp³-hybridized carbons (Fsp3) is 0.286. The van der Waals surface area contributed by atoms with Gasteiger partial charge in [-0.05, 0) is 36.4 Å². The van der Waals surface area contributed by atoms with Crippen LogP contribution in [0.1, 0.15) is 23.2 Å². The van der Waals surface area contributed by atoms with Crippen LogP contribution in [-0.2, 0) is 14.3 Å². The van der Waals surface area contributed by atoms with Gasteiger partial charge < -0.3 is 15.0 Å². The smallest absolute Gasteiger partial charge is 0.271 e. The van der Waals surface area contributed by atoms with Gasteiger partial charge in [-0.25, -0.2) is 4.39 Å². The normalized spacial score (nSPS) is 20.5. The Morgan fingerprint density at radius 1 is 1.17 bits per heavy atom. The number of amides is 3. The van der Waals surface area contributed by atoms with Gasteiger partial charge in [-0.2, -0.15) is 0 Å². The molecule has 1 unspecified atom stereocenters. The minimum atomic E-state index is -1.50. The van der Waals surface area contributed by atoms with Crippen LogP contribution in [0.3, 0.4) is 0 Å². The molecule has 7 nitrogen and oxygen atoms in total. The molecular formula is C21H20FN3O4. The molecule has 29 heavy (non-hydrogen) atoms. The summed E-state index contributed by atoms with van der Waals surface area (Å²) in [4.78, 5) is 42.4. The Hall–Kier alpha value is -3.26. The molecule has 0 spiro atoms. The minimum Gasteiger partial charge on any atom is -0.383 e. The Balaban J connectivity index is 1.81. The van der Waals surface area contributed by atoms with Crippen LogP contribution in [0, 0.1) is 5.82 Å². The zero-order valence-electron chi connectivity index (χ0n) is 15.9. The van der Waals surface area contributed by atoms with Gasteiger partial charge in [0, 0.05) is 32.2 Å². The molecule has 8 heteroatoms. The number of hydrogen-bond acceptors (Lipinski definition) is 4. The summed E-state index contributed by atoms with van der Waals surface area (Å²) in [5.41, 5.74) is -0.342. The number of hydrogen-bond donors (Lipinski definition) is 1. The first kappa shape index (κ1) is 19.1. The summed E-state index contributed by atoms with van der Waals surface area (Å²) in [7, 11) is 1.51. The number of nitrogens with one attached hydrogen (secondary N) is 1. The van der Waals surface area contributed by atoms with Gasteiger partial charge in [-0.15, -0.1) is 0 Å². The fourth-order valence-corrected chi connectivity index (χ4v) is 4.03. The summed E-state index contributed by atoms with van der Waals surface area (Å²) in [5, 5.41) is 2.75. The van der Waals surface area contributed by atoms with Gasteiger partial charge >= 0.3 is 0 Å². The highest BCUT2D eigenvalue weighted by molar-refractivity contribution is 6.18. The number of benzene rings is 2. The lowest BCUT2D eigenvalue weighted by atomic mass is 9.95. The molecule has 0 bridgehead atoms. The second-order valence-electron chi connectivity index (χ2n) is 6.97. The van der Waals surface area contributed by atoms with Crippen molar-refractivity contribution in [1.82, 2.24) is 4.90 Å². The summed E-state index contributed by atoms with van der Waals surface area (Å²) in [6.07, 6.45) is 0.282. The van der Waals surface area contributed by atoms with Crippen molar-refractivity contribution < 1.29 is 23.5 Å². The number of nitrogens with zero attached hydrogens (tertiary/aromatic N) is 2. The molecule has 2 aliphatic rings. The maximum Gasteiger partial charge on any atom is 0.271 e. The number of anilines is 2. The van der Waals surface area contributed by atoms with Gasteiger partial charge in [-0.1, -0.05) is 12.1 Å². The van der Waals surface area contributed by atoms with E-state index in [9.17, 15) is 18.8 Å². The molecule has 1 N–H and O–H groups in total. The second kappa shape index (κ2) is 7.29. The van der Waals surface area contributed by atoms with Gasteiger partial charge in [0.15, 0.2) is 0 Å². The SMILES string of the molecule is COCCN1C(=O)c2ccccc2N2C(=O)CCC12C(=O)Nc1ccc(F)cc1. The number of fused-ring (bicyclic) bond motifs is 3. The van der Waals surface area contributed by atoms with E-state index in [1.165, 1.54) is 41.2 Å². The van der Waals surface area contributed by atoms with Gasteiger partial charge in [0.25, 0.3) is 11.8 Å². The highest BCUT2D eigenvalue weighted by Gasteiger charge is 2.60. The quantitative estimate of drug-likeness (QED) is 0.840. The summed E-state index contributed by atoms with van der Waals surface area (Å²) in [6, 6.07) is 12.1. The molecule has 2 aromatic carbocycles. The van der Waals surface area contributed by atoms with Gasteiger partial charge in [-0.3, -0.25) is 19.3 Å². The van der Waals surface area contributed by atoms with Crippen LogP contribution in [0.15, 0.2) is 48.5 Å². The van der Waals surface area contributed by atoms with Crippen LogP contribution in [0.25, 0.3) is 0 Å². The summed E-state index contributed by atoms with van der Waals surface area (Å²) in [6.45, 7) is 0.353. The van der Waals surface area contributed by atoms with E-state index in [2.05, 4.69) is 5.32 Å². The molecule has 150 valence electrons. The van der Waals surface area contributed by atoms with Crippen molar-refractivity contribution in [3.8, 4) is 0 Å². The van der Waals surface area contributed by atoms with E-state index in [4.69, 9.17) is 4.74 Å². The third-order valence-corrected chi connectivity index (χ3v) is 5.36. The molecular weight excluding hydrogens is 377 g/mol. The van der Waals surface area contributed by atoms with Gasteiger partial charge in [0.05, 0.1) is 17.9 Å². The number of carbonyl (C=O) groups is 3. The van der Waals surface area contributed by atoms with Crippen molar-refractivity contribution in [3.05, 3.63) is 59.9 Å². The van der Waals surface area contributed by atoms with E-state index in [-0.39, 0.29) is 37.8 Å². The third kappa shape index (κ3) is 2.96. The molecule has 1 fully saturated rings. The van der Waals surface area contributed by atoms with Crippen LogP contribution in [0.2, 0.25) is 0 Å². The van der Waals surface area contributed by atoms with Gasteiger partial charge in [0.2, 0.25) is 11.6 Å². The molecule has 2 aliphatic heterocycles. The van der Waals surface area contributed by atoms with E-state index in [1.54, 1.807) is 24.3 Å². The number of halogens is 1. The van der Waals surface area contributed by atoms with Gasteiger partial charge in [0.1, 0.15) is 5.82 Å². The van der Waals surface area contributed by atoms with E-state index in [1.807, 2.05) is 0 Å². The Bertz CT molecular complexity index is 978. The highest BCUT2D eigenvalue weighted by Crippen LogP contribution is 2.44. The first-order valence-electron chi connectivity index (χ1n) is 9.29. The Morgan fingerprint density at radius 3 is 2.62 bits per heavy atom. The third-order valence-electron chi connectivity index (χ3n) is 5.36. The lowest BCUT2D eigenvalue weighted by Crippen LogP contribution is -2.69. The molecule has 2 heterocycles. The molecule has 1 saturated heterocycles. The summed E-state index contributed by atoms with van der Waals surface area (Å²) in [5.74, 6) is -1.52. The largest absolute Gasteiger partial charge is 0.383 e. The number of rotatable bonds is 5. The molecule has 0 aliphatic carbocycles. The molecule has 1 atom stereocenters. The Kier molecular flexibility index (Phi) is 4.79. The standard InChI is InChI=1S/C21H20FN3O4/c1-29-13-12-24-19(27)16-4-2-3-5-17(16)25-18(26)10-11-21(24,25)20(28)23-15-8-6-14(22)7-9-15/h2-9H,10-13H2,1H3,(H,23,28). The lowest BCUT2D eigenvalue weighted by molar-refractivity contribution is -0.129. The van der Waals surface area contributed by atoms with Crippen LogP contribution in [0.4, 0.5) is 15.8 Å². The van der Waals surface area contributed by atoms with Crippen LogP contribution >= 0.6 is 0 Å². The molecule has 0 radical (unpaired) electrons. The van der Waals surface area contributed by atoms with Crippen molar-refractivity contribution >= 4 is 29.1 Å². The zero-order valence-corrected chi connectivity index (χ0v) is 15.9. The Morgan fingerprint density at radius 2 is 1.90 bits per heavy atom. The summed E-state index contributed by atoms with van der Waals surface area (Å²) < 4.78 is 18.4. The second-order valence-corrected chi connectivity index (χ2v) is 6.97. The van der Waals surface area contributed by atoms with Crippen LogP contribution in [0.5, 0.6) is 0 Å². The highest BCUT2D eigenvalue weighted by atomic mass is 19.1. The van der Waals surface area contributed by atoms with Crippen molar-refractivity contribution in [2.75, 3.05) is 30.5 Å². The number of methoxy groups -OCH3 is 1. The molecule has 0 saturated carbocycles. The van der Waals surface area contributed by atoms with E-state index in [0.29, 0.717) is 16.9 Å². The fourth-order valence-electron chi connectivity index (χ4n) is 4.03. The average molecular weight is 397 g/mol. The van der Waals surface area contributed by atoms with E-state index >= 15 is 0 Å². The summed E-state index contributed by atoms with van der Waals surface area (Å²) >= 11 is 0. The molecule has 0 aromatic heterocycles. The first-order valence-corrected chi connectivity index (χ1v) is 9.29. The predicted molar refractivity (Wildman–Crippen MR) is 104 cm³/mol. The van der Waals surface area contributed by atoms with Crippen molar-refractivity contribution in [2.24, 2.45) is 0 Å². The number of para-hydroxylation sites is 1.